The van der Waals surface area contributed by atoms with Gasteiger partial charge in [0.1, 0.15) is 0 Å². The van der Waals surface area contributed by atoms with Crippen molar-refractivity contribution in [2.24, 2.45) is 0 Å². The first kappa shape index (κ1) is 20.9. The molecule has 0 aliphatic carbocycles. The third-order valence-electron chi connectivity index (χ3n) is 4.02. The molecule has 0 fully saturated rings. The molecule has 25 heavy (non-hydrogen) atoms. The molecule has 0 aliphatic heterocycles. The minimum absolute atomic E-state index is 0.419. The maximum atomic E-state index is 10.7. The molecule has 0 atom stereocenters. The lowest BCUT2D eigenvalue weighted by molar-refractivity contribution is -0.132. The Kier molecular flexibility index (Phi) is 10.3. The highest BCUT2D eigenvalue weighted by molar-refractivity contribution is 5.85. The molecule has 0 amide bonds. The summed E-state index contributed by atoms with van der Waals surface area (Å²) in [6.07, 6.45) is 9.90. The van der Waals surface area contributed by atoms with Crippen LogP contribution >= 0.6 is 0 Å². The fourth-order valence-corrected chi connectivity index (χ4v) is 2.31. The maximum Gasteiger partial charge on any atom is 0.330 e. The summed E-state index contributed by atoms with van der Waals surface area (Å²) >= 11 is 0. The highest BCUT2D eigenvalue weighted by Crippen LogP contribution is 2.11. The first-order chi connectivity index (χ1) is 12.0. The third kappa shape index (κ3) is 10.4. The zero-order chi connectivity index (χ0) is 18.5. The zero-order valence-corrected chi connectivity index (χ0v) is 15.6. The molecule has 0 aromatic heterocycles. The van der Waals surface area contributed by atoms with E-state index in [9.17, 15) is 4.79 Å². The summed E-state index contributed by atoms with van der Waals surface area (Å²) in [7, 11) is 0. The number of benzene rings is 1. The Morgan fingerprint density at radius 2 is 1.56 bits per heavy atom. The summed E-state index contributed by atoms with van der Waals surface area (Å²) in [6, 6.07) is 10.2. The first-order valence-corrected chi connectivity index (χ1v) is 8.82. The molecular weight excluding hydrogens is 312 g/mol. The van der Waals surface area contributed by atoms with Gasteiger partial charge in [0.25, 0.3) is 0 Å². The predicted molar refractivity (Wildman–Crippen MR) is 103 cm³/mol. The number of rotatable bonds is 11. The van der Waals surface area contributed by atoms with Crippen LogP contribution in [-0.4, -0.2) is 17.7 Å². The van der Waals surface area contributed by atoms with Crippen LogP contribution in [0.2, 0.25) is 0 Å². The first-order valence-electron chi connectivity index (χ1n) is 8.82. The summed E-state index contributed by atoms with van der Waals surface area (Å²) < 4.78 is 5.67. The standard InChI is InChI=1S/C22H30O3/c1-18(11-8-12-20(3)22(23)24)9-7-10-19(2)15-16-25-17-21-13-5-4-6-14-21/h4-6,9,12-15H,7-8,10-11,16-17H2,1-3H3,(H,23,24). The number of allylic oxidation sites excluding steroid dienone is 4. The van der Waals surface area contributed by atoms with Crippen molar-refractivity contribution in [1.82, 2.24) is 0 Å². The Bertz CT molecular complexity index is 609. The number of hydrogen-bond acceptors (Lipinski definition) is 2. The molecule has 0 spiro atoms. The minimum atomic E-state index is -0.836. The normalized spacial score (nSPS) is 13.2. The molecule has 0 unspecified atom stereocenters. The number of carboxylic acids is 1. The topological polar surface area (TPSA) is 46.5 Å². The van der Waals surface area contributed by atoms with Gasteiger partial charge in [-0.2, -0.15) is 0 Å². The Morgan fingerprint density at radius 1 is 0.960 bits per heavy atom. The molecule has 0 bridgehead atoms. The van der Waals surface area contributed by atoms with E-state index in [2.05, 4.69) is 38.1 Å². The van der Waals surface area contributed by atoms with E-state index in [0.717, 1.165) is 25.7 Å². The molecule has 1 aromatic carbocycles. The van der Waals surface area contributed by atoms with Gasteiger partial charge in [-0.25, -0.2) is 4.79 Å². The van der Waals surface area contributed by atoms with E-state index < -0.39 is 5.97 Å². The van der Waals surface area contributed by atoms with Crippen LogP contribution in [0.15, 0.2) is 65.3 Å². The van der Waals surface area contributed by atoms with Gasteiger partial charge in [-0.3, -0.25) is 0 Å². The van der Waals surface area contributed by atoms with Gasteiger partial charge < -0.3 is 9.84 Å². The second kappa shape index (κ2) is 12.3. The Morgan fingerprint density at radius 3 is 2.20 bits per heavy atom. The van der Waals surface area contributed by atoms with E-state index in [1.165, 1.54) is 16.7 Å². The second-order valence-corrected chi connectivity index (χ2v) is 6.37. The molecule has 3 heteroatoms. The summed E-state index contributed by atoms with van der Waals surface area (Å²) in [5.74, 6) is -0.836. The SMILES string of the molecule is CC(=CCCC(C)=CCOCc1ccccc1)CCC=C(C)C(=O)O. The highest BCUT2D eigenvalue weighted by atomic mass is 16.5. The van der Waals surface area contributed by atoms with Gasteiger partial charge in [0.15, 0.2) is 0 Å². The molecule has 136 valence electrons. The maximum absolute atomic E-state index is 10.7. The van der Waals surface area contributed by atoms with Crippen molar-refractivity contribution in [3.05, 3.63) is 70.8 Å². The Balaban J connectivity index is 2.20. The summed E-state index contributed by atoms with van der Waals surface area (Å²) in [4.78, 5) is 10.7. The number of hydrogen-bond donors (Lipinski definition) is 1. The largest absolute Gasteiger partial charge is 0.478 e. The van der Waals surface area contributed by atoms with Crippen molar-refractivity contribution in [2.75, 3.05) is 6.61 Å². The van der Waals surface area contributed by atoms with E-state index >= 15 is 0 Å². The van der Waals surface area contributed by atoms with Crippen molar-refractivity contribution >= 4 is 5.97 Å². The fourth-order valence-electron chi connectivity index (χ4n) is 2.31. The monoisotopic (exact) mass is 342 g/mol. The fraction of sp³-hybridized carbons (Fsp3) is 0.409. The lowest BCUT2D eigenvalue weighted by Crippen LogP contribution is -1.95. The van der Waals surface area contributed by atoms with Crippen molar-refractivity contribution in [1.29, 1.82) is 0 Å². The van der Waals surface area contributed by atoms with Crippen molar-refractivity contribution in [3.8, 4) is 0 Å². The molecule has 0 saturated heterocycles. The molecule has 0 saturated carbocycles. The molecule has 3 nitrogen and oxygen atoms in total. The second-order valence-electron chi connectivity index (χ2n) is 6.37. The number of aliphatic carboxylic acids is 1. The van der Waals surface area contributed by atoms with Crippen LogP contribution < -0.4 is 0 Å². The molecular formula is C22H30O3. The van der Waals surface area contributed by atoms with Gasteiger partial charge in [0.05, 0.1) is 13.2 Å². The van der Waals surface area contributed by atoms with Crippen LogP contribution in [-0.2, 0) is 16.1 Å². The smallest absolute Gasteiger partial charge is 0.330 e. The van der Waals surface area contributed by atoms with Crippen LogP contribution in [0.25, 0.3) is 0 Å². The average Bonchev–Trinajstić information content (AvgIpc) is 2.59. The molecule has 0 aliphatic rings. The molecule has 0 radical (unpaired) electrons. The number of carbonyl (C=O) groups is 1. The van der Waals surface area contributed by atoms with Crippen LogP contribution in [0.5, 0.6) is 0 Å². The number of ether oxygens (including phenoxy) is 1. The van der Waals surface area contributed by atoms with Gasteiger partial charge in [0.2, 0.25) is 0 Å². The van der Waals surface area contributed by atoms with Crippen molar-refractivity contribution in [3.63, 3.8) is 0 Å². The predicted octanol–water partition coefficient (Wildman–Crippen LogP) is 5.69. The van der Waals surface area contributed by atoms with Crippen molar-refractivity contribution < 1.29 is 14.6 Å². The highest BCUT2D eigenvalue weighted by Gasteiger charge is 1.98. The van der Waals surface area contributed by atoms with Crippen molar-refractivity contribution in [2.45, 2.75) is 53.1 Å². The molecule has 0 heterocycles. The number of carboxylic acid groups (broad SMARTS) is 1. The summed E-state index contributed by atoms with van der Waals surface area (Å²) in [5.41, 5.74) is 4.25. The van der Waals surface area contributed by atoms with Gasteiger partial charge in [0, 0.05) is 5.57 Å². The van der Waals surface area contributed by atoms with E-state index in [1.54, 1.807) is 13.0 Å². The third-order valence-corrected chi connectivity index (χ3v) is 4.02. The quantitative estimate of drug-likeness (QED) is 0.319. The molecule has 1 rings (SSSR count). The van der Waals surface area contributed by atoms with E-state index in [0.29, 0.717) is 18.8 Å². The van der Waals surface area contributed by atoms with Crippen LogP contribution in [0.3, 0.4) is 0 Å². The summed E-state index contributed by atoms with van der Waals surface area (Å²) in [5, 5.41) is 8.80. The lowest BCUT2D eigenvalue weighted by Gasteiger charge is -2.03. The van der Waals surface area contributed by atoms with E-state index in [1.807, 2.05) is 18.2 Å². The van der Waals surface area contributed by atoms with Crippen LogP contribution in [0.4, 0.5) is 0 Å². The van der Waals surface area contributed by atoms with Gasteiger partial charge in [-0.15, -0.1) is 0 Å². The van der Waals surface area contributed by atoms with Crippen LogP contribution in [0, 0.1) is 0 Å². The van der Waals surface area contributed by atoms with E-state index in [-0.39, 0.29) is 0 Å². The minimum Gasteiger partial charge on any atom is -0.478 e. The van der Waals surface area contributed by atoms with Gasteiger partial charge >= 0.3 is 5.97 Å². The Hall–Kier alpha value is -2.13. The van der Waals surface area contributed by atoms with E-state index in [4.69, 9.17) is 9.84 Å². The molecule has 1 N–H and O–H groups in total. The lowest BCUT2D eigenvalue weighted by atomic mass is 10.1. The molecule has 1 aromatic rings. The van der Waals surface area contributed by atoms with Crippen LogP contribution in [0.1, 0.15) is 52.0 Å². The Labute approximate surface area is 151 Å². The van der Waals surface area contributed by atoms with Gasteiger partial charge in [-0.1, -0.05) is 59.7 Å². The summed E-state index contributed by atoms with van der Waals surface area (Å²) in [6.45, 7) is 7.16. The van der Waals surface area contributed by atoms with Gasteiger partial charge in [-0.05, 0) is 52.0 Å². The zero-order valence-electron chi connectivity index (χ0n) is 15.6. The average molecular weight is 342 g/mol.